The van der Waals surface area contributed by atoms with Gasteiger partial charge in [0.05, 0.1) is 0 Å². The topological polar surface area (TPSA) is 34.0 Å². The molecule has 1 aromatic rings. The molecule has 2 aliphatic rings. The van der Waals surface area contributed by atoms with Crippen LogP contribution in [0, 0.1) is 0 Å². The second kappa shape index (κ2) is 4.54. The Labute approximate surface area is 108 Å². The van der Waals surface area contributed by atoms with E-state index in [1.165, 1.54) is 31.4 Å². The van der Waals surface area contributed by atoms with Crippen LogP contribution in [-0.4, -0.2) is 10.6 Å². The second-order valence-electron chi connectivity index (χ2n) is 6.00. The lowest BCUT2D eigenvalue weighted by Gasteiger charge is -2.16. The Kier molecular flexibility index (Phi) is 3.02. The zero-order valence-corrected chi connectivity index (χ0v) is 11.3. The highest BCUT2D eigenvalue weighted by Gasteiger charge is 2.28. The van der Waals surface area contributed by atoms with Gasteiger partial charge in [0.2, 0.25) is 0 Å². The third kappa shape index (κ3) is 2.37. The molecule has 0 amide bonds. The average Bonchev–Trinajstić information content (AvgIpc) is 3.20. The summed E-state index contributed by atoms with van der Waals surface area (Å²) in [5.41, 5.74) is 2.35. The molecule has 2 aliphatic carbocycles. The fourth-order valence-electron chi connectivity index (χ4n) is 2.47. The van der Waals surface area contributed by atoms with Gasteiger partial charge in [-0.1, -0.05) is 19.9 Å². The van der Waals surface area contributed by atoms with E-state index in [4.69, 9.17) is 0 Å². The number of rotatable bonds is 5. The van der Waals surface area contributed by atoms with Crippen molar-refractivity contribution in [2.24, 2.45) is 0 Å². The van der Waals surface area contributed by atoms with Crippen molar-refractivity contribution in [3.63, 3.8) is 0 Å². The van der Waals surface area contributed by atoms with Gasteiger partial charge in [-0.15, -0.1) is 0 Å². The third-order valence-electron chi connectivity index (χ3n) is 3.89. The second-order valence-corrected chi connectivity index (χ2v) is 6.00. The highest BCUT2D eigenvalue weighted by Crippen LogP contribution is 2.36. The van der Waals surface area contributed by atoms with Crippen LogP contribution in [0.4, 0.5) is 0 Å². The molecule has 0 spiro atoms. The summed E-state index contributed by atoms with van der Waals surface area (Å²) in [4.78, 5) is 12.5. The van der Waals surface area contributed by atoms with Gasteiger partial charge in [0, 0.05) is 29.9 Å². The highest BCUT2D eigenvalue weighted by molar-refractivity contribution is 5.20. The molecule has 1 N–H and O–H groups in total. The minimum atomic E-state index is 0.233. The van der Waals surface area contributed by atoms with Crippen molar-refractivity contribution in [2.75, 3.05) is 0 Å². The average molecular weight is 246 g/mol. The van der Waals surface area contributed by atoms with Crippen LogP contribution in [0.5, 0.6) is 0 Å². The van der Waals surface area contributed by atoms with Gasteiger partial charge in [-0.2, -0.15) is 0 Å². The molecule has 0 saturated heterocycles. The Bertz CT molecular complexity index is 496. The number of nitrogens with zero attached hydrogens (tertiary/aromatic N) is 1. The van der Waals surface area contributed by atoms with Gasteiger partial charge in [-0.25, -0.2) is 0 Å². The van der Waals surface area contributed by atoms with Crippen LogP contribution in [-0.2, 0) is 6.54 Å². The summed E-state index contributed by atoms with van der Waals surface area (Å²) in [6, 6.07) is 5.29. The molecule has 2 saturated carbocycles. The van der Waals surface area contributed by atoms with Gasteiger partial charge >= 0.3 is 0 Å². The number of pyridine rings is 1. The van der Waals surface area contributed by atoms with Crippen LogP contribution >= 0.6 is 0 Å². The largest absolute Gasteiger partial charge is 0.310 e. The summed E-state index contributed by atoms with van der Waals surface area (Å²) in [5, 5.41) is 3.44. The first-order chi connectivity index (χ1) is 8.66. The molecule has 3 heteroatoms. The van der Waals surface area contributed by atoms with Crippen molar-refractivity contribution in [3.8, 4) is 0 Å². The molecule has 98 valence electrons. The van der Waals surface area contributed by atoms with E-state index in [0.717, 1.165) is 12.1 Å². The van der Waals surface area contributed by atoms with Crippen LogP contribution in [0.2, 0.25) is 0 Å². The quantitative estimate of drug-likeness (QED) is 0.866. The maximum absolute atomic E-state index is 12.5. The molecule has 0 bridgehead atoms. The van der Waals surface area contributed by atoms with E-state index >= 15 is 0 Å². The molecule has 0 aliphatic heterocycles. The maximum Gasteiger partial charge on any atom is 0.255 e. The number of nitrogens with one attached hydrogen (secondary N) is 1. The first-order valence-corrected chi connectivity index (χ1v) is 7.14. The number of hydrogen-bond donors (Lipinski definition) is 1. The van der Waals surface area contributed by atoms with E-state index in [1.54, 1.807) is 0 Å². The zero-order chi connectivity index (χ0) is 12.7. The number of aromatic nitrogens is 1. The van der Waals surface area contributed by atoms with E-state index in [1.807, 2.05) is 6.07 Å². The van der Waals surface area contributed by atoms with E-state index in [0.29, 0.717) is 18.0 Å². The lowest BCUT2D eigenvalue weighted by molar-refractivity contribution is 0.605. The Morgan fingerprint density at radius 3 is 2.56 bits per heavy atom. The Balaban J connectivity index is 1.90. The van der Waals surface area contributed by atoms with E-state index in [-0.39, 0.29) is 5.56 Å². The SMILES string of the molecule is CC(C)c1ccc(CNC2CC2)c(=O)n1C1CC1. The Morgan fingerprint density at radius 2 is 2.00 bits per heavy atom. The molecular formula is C15H22N2O. The van der Waals surface area contributed by atoms with Crippen LogP contribution in [0.15, 0.2) is 16.9 Å². The van der Waals surface area contributed by atoms with Crippen LogP contribution in [0.3, 0.4) is 0 Å². The molecule has 0 atom stereocenters. The van der Waals surface area contributed by atoms with Gasteiger partial charge in [0.15, 0.2) is 0 Å². The van der Waals surface area contributed by atoms with Crippen molar-refractivity contribution in [3.05, 3.63) is 33.7 Å². The molecule has 3 rings (SSSR count). The maximum atomic E-state index is 12.5. The summed E-state index contributed by atoms with van der Waals surface area (Å²) in [6.07, 6.45) is 4.86. The molecule has 0 aromatic carbocycles. The minimum Gasteiger partial charge on any atom is -0.310 e. The van der Waals surface area contributed by atoms with E-state index < -0.39 is 0 Å². The first-order valence-electron chi connectivity index (χ1n) is 7.14. The summed E-state index contributed by atoms with van der Waals surface area (Å²) in [6.45, 7) is 5.06. The van der Waals surface area contributed by atoms with Crippen LogP contribution in [0.1, 0.15) is 62.7 Å². The molecule has 3 nitrogen and oxygen atoms in total. The van der Waals surface area contributed by atoms with Gasteiger partial charge < -0.3 is 9.88 Å². The fraction of sp³-hybridized carbons (Fsp3) is 0.667. The van der Waals surface area contributed by atoms with Crippen LogP contribution < -0.4 is 10.9 Å². The summed E-state index contributed by atoms with van der Waals surface area (Å²) >= 11 is 0. The molecule has 0 radical (unpaired) electrons. The lowest BCUT2D eigenvalue weighted by Crippen LogP contribution is -2.29. The van der Waals surface area contributed by atoms with Crippen molar-refractivity contribution >= 4 is 0 Å². The predicted octanol–water partition coefficient (Wildman–Crippen LogP) is 2.56. The monoisotopic (exact) mass is 246 g/mol. The normalized spacial score (nSPS) is 19.5. The minimum absolute atomic E-state index is 0.233. The summed E-state index contributed by atoms with van der Waals surface area (Å²) in [7, 11) is 0. The van der Waals surface area contributed by atoms with Gasteiger partial charge in [0.25, 0.3) is 5.56 Å². The lowest BCUT2D eigenvalue weighted by atomic mass is 10.1. The Morgan fingerprint density at radius 1 is 1.28 bits per heavy atom. The highest BCUT2D eigenvalue weighted by atomic mass is 16.1. The first kappa shape index (κ1) is 12.0. The van der Waals surface area contributed by atoms with Crippen molar-refractivity contribution in [1.29, 1.82) is 0 Å². The van der Waals surface area contributed by atoms with Crippen molar-refractivity contribution in [2.45, 2.75) is 64.1 Å². The predicted molar refractivity (Wildman–Crippen MR) is 72.9 cm³/mol. The number of hydrogen-bond acceptors (Lipinski definition) is 2. The third-order valence-corrected chi connectivity index (χ3v) is 3.89. The molecule has 0 unspecified atom stereocenters. The molecular weight excluding hydrogens is 224 g/mol. The van der Waals surface area contributed by atoms with Crippen molar-refractivity contribution in [1.82, 2.24) is 9.88 Å². The van der Waals surface area contributed by atoms with Crippen LogP contribution in [0.25, 0.3) is 0 Å². The van der Waals surface area contributed by atoms with Gasteiger partial charge in [-0.3, -0.25) is 4.79 Å². The summed E-state index contributed by atoms with van der Waals surface area (Å²) < 4.78 is 2.05. The van der Waals surface area contributed by atoms with E-state index in [9.17, 15) is 4.79 Å². The Hall–Kier alpha value is -1.09. The van der Waals surface area contributed by atoms with Gasteiger partial charge in [-0.05, 0) is 37.7 Å². The van der Waals surface area contributed by atoms with Crippen molar-refractivity contribution < 1.29 is 0 Å². The van der Waals surface area contributed by atoms with Gasteiger partial charge in [0.1, 0.15) is 0 Å². The van der Waals surface area contributed by atoms with E-state index in [2.05, 4.69) is 29.8 Å². The standard InChI is InChI=1S/C15H22N2O/c1-10(2)14-8-3-11(9-16-12-4-5-12)15(18)17(14)13-6-7-13/h3,8,10,12-13,16H,4-7,9H2,1-2H3. The fourth-order valence-corrected chi connectivity index (χ4v) is 2.47. The molecule has 2 fully saturated rings. The zero-order valence-electron chi connectivity index (χ0n) is 11.3. The smallest absolute Gasteiger partial charge is 0.255 e. The molecule has 18 heavy (non-hydrogen) atoms. The molecule has 1 aromatic heterocycles. The molecule has 1 heterocycles. The summed E-state index contributed by atoms with van der Waals surface area (Å²) in [5.74, 6) is 0.420.